The summed E-state index contributed by atoms with van der Waals surface area (Å²) in [6, 6.07) is 2.26. The van der Waals surface area contributed by atoms with Crippen LogP contribution < -0.4 is 4.74 Å². The molecule has 1 saturated heterocycles. The maximum Gasteiger partial charge on any atom is 0.216 e. The number of pyridine rings is 1. The molecule has 108 valence electrons. The molecule has 20 heavy (non-hydrogen) atoms. The topological polar surface area (TPSA) is 25.4 Å². The third kappa shape index (κ3) is 3.21. The summed E-state index contributed by atoms with van der Waals surface area (Å²) in [7, 11) is 3.91. The number of methoxy groups -OCH3 is 1. The van der Waals surface area contributed by atoms with Crippen LogP contribution in [0.4, 0.5) is 0 Å². The first-order valence-corrected chi connectivity index (χ1v) is 7.67. The van der Waals surface area contributed by atoms with Crippen LogP contribution in [0.3, 0.4) is 0 Å². The van der Waals surface area contributed by atoms with Crippen molar-refractivity contribution in [2.75, 3.05) is 27.2 Å². The Kier molecular flexibility index (Phi) is 4.06. The van der Waals surface area contributed by atoms with Crippen molar-refractivity contribution >= 4 is 6.08 Å². The van der Waals surface area contributed by atoms with Gasteiger partial charge in [0.1, 0.15) is 0 Å². The molecule has 0 N–H and O–H groups in total. The van der Waals surface area contributed by atoms with E-state index in [1.165, 1.54) is 49.9 Å². The fourth-order valence-corrected chi connectivity index (χ4v) is 2.90. The molecule has 0 spiro atoms. The highest BCUT2D eigenvalue weighted by Crippen LogP contribution is 2.43. The molecule has 0 radical (unpaired) electrons. The lowest BCUT2D eigenvalue weighted by Crippen LogP contribution is -2.29. The van der Waals surface area contributed by atoms with Crippen molar-refractivity contribution in [2.24, 2.45) is 5.92 Å². The van der Waals surface area contributed by atoms with Gasteiger partial charge in [0.25, 0.3) is 0 Å². The van der Waals surface area contributed by atoms with E-state index < -0.39 is 0 Å². The standard InChI is InChI=1S/C17H24N2O/c1-19-9-7-13(8-10-19)3-4-14-11-16(15-5-6-15)17(20-2)18-12-14/h3-4,11-13,15H,5-10H2,1-2H3/b4-3+. The molecule has 3 nitrogen and oxygen atoms in total. The summed E-state index contributed by atoms with van der Waals surface area (Å²) in [6.45, 7) is 2.42. The molecule has 2 heterocycles. The number of allylic oxidation sites excluding steroid dienone is 1. The second-order valence-electron chi connectivity index (χ2n) is 6.14. The molecule has 0 amide bonds. The molecule has 1 aromatic rings. The molecule has 0 aromatic carbocycles. The van der Waals surface area contributed by atoms with Gasteiger partial charge >= 0.3 is 0 Å². The van der Waals surface area contributed by atoms with Crippen LogP contribution >= 0.6 is 0 Å². The molecule has 3 heteroatoms. The number of nitrogens with zero attached hydrogens (tertiary/aromatic N) is 2. The third-order valence-corrected chi connectivity index (χ3v) is 4.43. The fraction of sp³-hybridized carbons (Fsp3) is 0.588. The Morgan fingerprint density at radius 2 is 2.00 bits per heavy atom. The lowest BCUT2D eigenvalue weighted by atomic mass is 9.96. The highest BCUT2D eigenvalue weighted by Gasteiger charge is 2.27. The van der Waals surface area contributed by atoms with E-state index in [1.54, 1.807) is 7.11 Å². The highest BCUT2D eigenvalue weighted by molar-refractivity contribution is 5.52. The summed E-state index contributed by atoms with van der Waals surface area (Å²) in [5, 5.41) is 0. The summed E-state index contributed by atoms with van der Waals surface area (Å²) >= 11 is 0. The van der Waals surface area contributed by atoms with Crippen LogP contribution in [0.5, 0.6) is 5.88 Å². The number of ether oxygens (including phenoxy) is 1. The van der Waals surface area contributed by atoms with Crippen molar-refractivity contribution in [3.8, 4) is 5.88 Å². The van der Waals surface area contributed by atoms with Gasteiger partial charge in [0.2, 0.25) is 5.88 Å². The van der Waals surface area contributed by atoms with E-state index in [2.05, 4.69) is 35.1 Å². The molecular formula is C17H24N2O. The SMILES string of the molecule is COc1ncc(/C=C/C2CCN(C)CC2)cc1C1CC1. The van der Waals surface area contributed by atoms with E-state index in [9.17, 15) is 0 Å². The van der Waals surface area contributed by atoms with E-state index in [1.807, 2.05) is 6.20 Å². The van der Waals surface area contributed by atoms with Gasteiger partial charge in [-0.15, -0.1) is 0 Å². The van der Waals surface area contributed by atoms with Crippen molar-refractivity contribution in [3.05, 3.63) is 29.5 Å². The molecule has 0 bridgehead atoms. The van der Waals surface area contributed by atoms with Crippen LogP contribution in [-0.4, -0.2) is 37.1 Å². The van der Waals surface area contributed by atoms with Crippen molar-refractivity contribution in [2.45, 2.75) is 31.6 Å². The first-order chi connectivity index (χ1) is 9.76. The quantitative estimate of drug-likeness (QED) is 0.840. The number of rotatable bonds is 4. The molecule has 0 unspecified atom stereocenters. The monoisotopic (exact) mass is 272 g/mol. The smallest absolute Gasteiger partial charge is 0.216 e. The van der Waals surface area contributed by atoms with Gasteiger partial charge in [0, 0.05) is 11.8 Å². The molecule has 2 aliphatic rings. The lowest BCUT2D eigenvalue weighted by Gasteiger charge is -2.26. The minimum Gasteiger partial charge on any atom is -0.481 e. The summed E-state index contributed by atoms with van der Waals surface area (Å²) in [4.78, 5) is 6.86. The molecule has 1 aromatic heterocycles. The van der Waals surface area contributed by atoms with Crippen LogP contribution in [0.25, 0.3) is 6.08 Å². The molecule has 3 rings (SSSR count). The molecule has 1 aliphatic heterocycles. The Labute approximate surface area is 121 Å². The average Bonchev–Trinajstić information content (AvgIpc) is 3.31. The van der Waals surface area contributed by atoms with Crippen molar-refractivity contribution in [3.63, 3.8) is 0 Å². The number of hydrogen-bond acceptors (Lipinski definition) is 3. The van der Waals surface area contributed by atoms with Crippen molar-refractivity contribution in [1.29, 1.82) is 0 Å². The van der Waals surface area contributed by atoms with E-state index in [0.29, 0.717) is 5.92 Å². The maximum absolute atomic E-state index is 5.37. The average molecular weight is 272 g/mol. The first-order valence-electron chi connectivity index (χ1n) is 7.67. The van der Waals surface area contributed by atoms with E-state index in [-0.39, 0.29) is 0 Å². The largest absolute Gasteiger partial charge is 0.481 e. The summed E-state index contributed by atoms with van der Waals surface area (Å²) in [5.41, 5.74) is 2.50. The van der Waals surface area contributed by atoms with Gasteiger partial charge in [-0.05, 0) is 69.3 Å². The summed E-state index contributed by atoms with van der Waals surface area (Å²) in [6.07, 6.45) is 11.6. The second-order valence-corrected chi connectivity index (χ2v) is 6.14. The van der Waals surface area contributed by atoms with Gasteiger partial charge in [-0.25, -0.2) is 4.98 Å². The Bertz CT molecular complexity index is 486. The first kappa shape index (κ1) is 13.6. The summed E-state index contributed by atoms with van der Waals surface area (Å²) in [5.74, 6) is 2.20. The molecular weight excluding hydrogens is 248 g/mol. The van der Waals surface area contributed by atoms with Gasteiger partial charge in [-0.2, -0.15) is 0 Å². The fourth-order valence-electron chi connectivity index (χ4n) is 2.90. The Hall–Kier alpha value is -1.35. The third-order valence-electron chi connectivity index (χ3n) is 4.43. The molecule has 1 saturated carbocycles. The number of likely N-dealkylation sites (tertiary alicyclic amines) is 1. The predicted molar refractivity (Wildman–Crippen MR) is 82.0 cm³/mol. The van der Waals surface area contributed by atoms with Crippen LogP contribution in [0, 0.1) is 5.92 Å². The lowest BCUT2D eigenvalue weighted by molar-refractivity contribution is 0.244. The Morgan fingerprint density at radius 3 is 2.65 bits per heavy atom. The van der Waals surface area contributed by atoms with E-state index >= 15 is 0 Å². The number of hydrogen-bond donors (Lipinski definition) is 0. The van der Waals surface area contributed by atoms with Gasteiger partial charge in [0.15, 0.2) is 0 Å². The van der Waals surface area contributed by atoms with Crippen LogP contribution in [0.2, 0.25) is 0 Å². The van der Waals surface area contributed by atoms with Crippen LogP contribution in [-0.2, 0) is 0 Å². The minimum atomic E-state index is 0.675. The minimum absolute atomic E-state index is 0.675. The van der Waals surface area contributed by atoms with Gasteiger partial charge in [-0.1, -0.05) is 12.2 Å². The van der Waals surface area contributed by atoms with Crippen LogP contribution in [0.15, 0.2) is 18.3 Å². The predicted octanol–water partition coefficient (Wildman–Crippen LogP) is 3.32. The Morgan fingerprint density at radius 1 is 1.25 bits per heavy atom. The zero-order valence-corrected chi connectivity index (χ0v) is 12.5. The second kappa shape index (κ2) is 5.96. The van der Waals surface area contributed by atoms with Crippen molar-refractivity contribution < 1.29 is 4.74 Å². The van der Waals surface area contributed by atoms with E-state index in [4.69, 9.17) is 4.74 Å². The zero-order valence-electron chi connectivity index (χ0n) is 12.5. The molecule has 2 fully saturated rings. The Balaban J connectivity index is 1.69. The zero-order chi connectivity index (χ0) is 13.9. The summed E-state index contributed by atoms with van der Waals surface area (Å²) < 4.78 is 5.37. The van der Waals surface area contributed by atoms with E-state index in [0.717, 1.165) is 11.8 Å². The molecule has 0 atom stereocenters. The van der Waals surface area contributed by atoms with Gasteiger partial charge in [0.05, 0.1) is 7.11 Å². The molecule has 1 aliphatic carbocycles. The van der Waals surface area contributed by atoms with Crippen LogP contribution in [0.1, 0.15) is 42.7 Å². The van der Waals surface area contributed by atoms with Gasteiger partial charge < -0.3 is 9.64 Å². The normalized spacial score (nSPS) is 21.5. The number of piperidine rings is 1. The highest BCUT2D eigenvalue weighted by atomic mass is 16.5. The van der Waals surface area contributed by atoms with Crippen molar-refractivity contribution in [1.82, 2.24) is 9.88 Å². The van der Waals surface area contributed by atoms with Gasteiger partial charge in [-0.3, -0.25) is 0 Å². The number of aromatic nitrogens is 1. The maximum atomic E-state index is 5.37.